The van der Waals surface area contributed by atoms with E-state index >= 15 is 0 Å². The van der Waals surface area contributed by atoms with Crippen LogP contribution in [0.1, 0.15) is 11.5 Å². The summed E-state index contributed by atoms with van der Waals surface area (Å²) < 4.78 is 10.3. The third-order valence-electron chi connectivity index (χ3n) is 3.14. The largest absolute Gasteiger partial charge is 0.497 e. The molecule has 0 aliphatic heterocycles. The third kappa shape index (κ3) is 3.73. The van der Waals surface area contributed by atoms with Crippen molar-refractivity contribution in [3.05, 3.63) is 65.0 Å². The average Bonchev–Trinajstić information content (AvgIpc) is 3.06. The van der Waals surface area contributed by atoms with E-state index < -0.39 is 0 Å². The molecular weight excluding hydrogens is 335 g/mol. The Bertz CT molecular complexity index is 825. The van der Waals surface area contributed by atoms with E-state index in [0.717, 1.165) is 16.9 Å². The minimum atomic E-state index is 0.257. The maximum Gasteiger partial charge on any atom is 0.269 e. The zero-order chi connectivity index (χ0) is 16.2. The van der Waals surface area contributed by atoms with Crippen molar-refractivity contribution >= 4 is 34.3 Å². The average molecular weight is 347 g/mol. The standard InChI is InChI=1S/C17H12Cl2N2O2/c1-22-14-8-2-11(3-9-14)10-15(19)17-20-16(21-23-17)12-4-6-13(18)7-5-12/h2-10H,1H3/b15-10-. The normalized spacial score (nSPS) is 11.5. The van der Waals surface area contributed by atoms with Gasteiger partial charge in [0.05, 0.1) is 7.11 Å². The number of hydrogen-bond donors (Lipinski definition) is 0. The lowest BCUT2D eigenvalue weighted by Gasteiger charge is -1.99. The van der Waals surface area contributed by atoms with Crippen LogP contribution in [-0.4, -0.2) is 17.3 Å². The van der Waals surface area contributed by atoms with E-state index in [1.54, 1.807) is 25.3 Å². The van der Waals surface area contributed by atoms with Gasteiger partial charge in [-0.15, -0.1) is 0 Å². The summed E-state index contributed by atoms with van der Waals surface area (Å²) in [4.78, 5) is 4.29. The van der Waals surface area contributed by atoms with Crippen molar-refractivity contribution in [2.24, 2.45) is 0 Å². The molecule has 2 aromatic carbocycles. The lowest BCUT2D eigenvalue weighted by atomic mass is 10.2. The molecule has 3 rings (SSSR count). The summed E-state index contributed by atoms with van der Waals surface area (Å²) in [5.74, 6) is 1.49. The lowest BCUT2D eigenvalue weighted by Crippen LogP contribution is -1.83. The summed E-state index contributed by atoms with van der Waals surface area (Å²) in [6, 6.07) is 14.6. The van der Waals surface area contributed by atoms with E-state index in [2.05, 4.69) is 10.1 Å². The molecule has 0 spiro atoms. The lowest BCUT2D eigenvalue weighted by molar-refractivity contribution is 0.410. The van der Waals surface area contributed by atoms with Gasteiger partial charge in [-0.1, -0.05) is 40.5 Å². The highest BCUT2D eigenvalue weighted by atomic mass is 35.5. The molecule has 0 bridgehead atoms. The first kappa shape index (κ1) is 15.6. The van der Waals surface area contributed by atoms with E-state index in [0.29, 0.717) is 15.9 Å². The van der Waals surface area contributed by atoms with Gasteiger partial charge < -0.3 is 9.26 Å². The van der Waals surface area contributed by atoms with Crippen molar-refractivity contribution in [2.75, 3.05) is 7.11 Å². The Kier molecular flexibility index (Phi) is 4.65. The summed E-state index contributed by atoms with van der Waals surface area (Å²) in [5, 5.41) is 4.94. The van der Waals surface area contributed by atoms with Crippen molar-refractivity contribution in [3.63, 3.8) is 0 Å². The van der Waals surface area contributed by atoms with E-state index in [1.807, 2.05) is 36.4 Å². The first-order valence-electron chi connectivity index (χ1n) is 6.77. The number of benzene rings is 2. The SMILES string of the molecule is COc1ccc(/C=C(\Cl)c2nc(-c3ccc(Cl)cc3)no2)cc1. The van der Waals surface area contributed by atoms with Crippen LogP contribution in [0.25, 0.3) is 22.5 Å². The Morgan fingerprint density at radius 1 is 1.09 bits per heavy atom. The molecule has 6 heteroatoms. The fraction of sp³-hybridized carbons (Fsp3) is 0.0588. The van der Waals surface area contributed by atoms with Crippen LogP contribution in [0.2, 0.25) is 5.02 Å². The van der Waals surface area contributed by atoms with Crippen molar-refractivity contribution < 1.29 is 9.26 Å². The molecule has 0 unspecified atom stereocenters. The van der Waals surface area contributed by atoms with Gasteiger partial charge >= 0.3 is 0 Å². The third-order valence-corrected chi connectivity index (χ3v) is 3.66. The van der Waals surface area contributed by atoms with Gasteiger partial charge in [0.2, 0.25) is 5.82 Å². The molecule has 0 aliphatic rings. The van der Waals surface area contributed by atoms with E-state index in [1.165, 1.54) is 0 Å². The minimum absolute atomic E-state index is 0.257. The van der Waals surface area contributed by atoms with Crippen molar-refractivity contribution in [1.82, 2.24) is 10.1 Å². The Morgan fingerprint density at radius 3 is 2.43 bits per heavy atom. The number of methoxy groups -OCH3 is 1. The number of nitrogens with zero attached hydrogens (tertiary/aromatic N) is 2. The van der Waals surface area contributed by atoms with E-state index in [4.69, 9.17) is 32.5 Å². The zero-order valence-corrected chi connectivity index (χ0v) is 13.7. The van der Waals surface area contributed by atoms with Crippen LogP contribution in [0.15, 0.2) is 53.1 Å². The molecule has 4 nitrogen and oxygen atoms in total. The number of ether oxygens (including phenoxy) is 1. The van der Waals surface area contributed by atoms with Crippen LogP contribution >= 0.6 is 23.2 Å². The maximum absolute atomic E-state index is 6.25. The number of hydrogen-bond acceptors (Lipinski definition) is 4. The van der Waals surface area contributed by atoms with Crippen molar-refractivity contribution in [2.45, 2.75) is 0 Å². The minimum Gasteiger partial charge on any atom is -0.497 e. The second-order valence-electron chi connectivity index (χ2n) is 4.70. The summed E-state index contributed by atoms with van der Waals surface area (Å²) >= 11 is 12.1. The molecule has 0 saturated carbocycles. The summed E-state index contributed by atoms with van der Waals surface area (Å²) in [5.41, 5.74) is 1.71. The molecule has 0 amide bonds. The molecule has 116 valence electrons. The predicted molar refractivity (Wildman–Crippen MR) is 91.5 cm³/mol. The van der Waals surface area contributed by atoms with Gasteiger partial charge in [-0.25, -0.2) is 0 Å². The van der Waals surface area contributed by atoms with Gasteiger partial charge in [-0.2, -0.15) is 4.98 Å². The van der Waals surface area contributed by atoms with Crippen molar-refractivity contribution in [1.29, 1.82) is 0 Å². The van der Waals surface area contributed by atoms with Crippen LogP contribution in [0.5, 0.6) is 5.75 Å². The van der Waals surface area contributed by atoms with Crippen LogP contribution in [0, 0.1) is 0 Å². The highest BCUT2D eigenvalue weighted by molar-refractivity contribution is 6.50. The summed E-state index contributed by atoms with van der Waals surface area (Å²) in [6.45, 7) is 0. The molecule has 0 aliphatic carbocycles. The topological polar surface area (TPSA) is 48.2 Å². The van der Waals surface area contributed by atoms with E-state index in [-0.39, 0.29) is 5.89 Å². The smallest absolute Gasteiger partial charge is 0.269 e. The highest BCUT2D eigenvalue weighted by Gasteiger charge is 2.11. The molecule has 1 aromatic heterocycles. The quantitative estimate of drug-likeness (QED) is 0.656. The van der Waals surface area contributed by atoms with Gasteiger partial charge in [-0.05, 0) is 48.0 Å². The van der Waals surface area contributed by atoms with Gasteiger partial charge in [0.15, 0.2) is 0 Å². The Hall–Kier alpha value is -2.30. The molecule has 0 radical (unpaired) electrons. The van der Waals surface area contributed by atoms with Crippen LogP contribution in [0.4, 0.5) is 0 Å². The number of aromatic nitrogens is 2. The monoisotopic (exact) mass is 346 g/mol. The van der Waals surface area contributed by atoms with Crippen LogP contribution < -0.4 is 4.74 Å². The fourth-order valence-corrected chi connectivity index (χ4v) is 2.27. The molecular formula is C17H12Cl2N2O2. The Morgan fingerprint density at radius 2 is 1.78 bits per heavy atom. The maximum atomic E-state index is 6.25. The zero-order valence-electron chi connectivity index (χ0n) is 12.2. The summed E-state index contributed by atoms with van der Waals surface area (Å²) in [7, 11) is 1.62. The van der Waals surface area contributed by atoms with Gasteiger partial charge in [0.25, 0.3) is 5.89 Å². The Labute approximate surface area is 143 Å². The molecule has 3 aromatic rings. The fourth-order valence-electron chi connectivity index (χ4n) is 1.94. The van der Waals surface area contributed by atoms with Gasteiger partial charge in [0.1, 0.15) is 10.8 Å². The number of rotatable bonds is 4. The molecule has 1 heterocycles. The second-order valence-corrected chi connectivity index (χ2v) is 5.54. The first-order valence-corrected chi connectivity index (χ1v) is 7.52. The molecule has 0 atom stereocenters. The Balaban J connectivity index is 1.83. The van der Waals surface area contributed by atoms with Gasteiger partial charge in [0, 0.05) is 10.6 Å². The second kappa shape index (κ2) is 6.86. The number of halogens is 2. The van der Waals surface area contributed by atoms with Gasteiger partial charge in [-0.3, -0.25) is 0 Å². The molecule has 0 N–H and O–H groups in total. The molecule has 0 saturated heterocycles. The molecule has 0 fully saturated rings. The van der Waals surface area contributed by atoms with Crippen molar-refractivity contribution in [3.8, 4) is 17.1 Å². The van der Waals surface area contributed by atoms with Crippen LogP contribution in [-0.2, 0) is 0 Å². The van der Waals surface area contributed by atoms with Crippen LogP contribution in [0.3, 0.4) is 0 Å². The predicted octanol–water partition coefficient (Wildman–Crippen LogP) is 5.14. The summed E-state index contributed by atoms with van der Waals surface area (Å²) in [6.07, 6.45) is 1.75. The molecule has 23 heavy (non-hydrogen) atoms. The van der Waals surface area contributed by atoms with E-state index in [9.17, 15) is 0 Å². The first-order chi connectivity index (χ1) is 11.2. The highest BCUT2D eigenvalue weighted by Crippen LogP contribution is 2.25.